The Morgan fingerprint density at radius 3 is 2.57 bits per heavy atom. The van der Waals surface area contributed by atoms with E-state index in [1.54, 1.807) is 19.1 Å². The molecule has 1 saturated carbocycles. The molecule has 146 valence electrons. The van der Waals surface area contributed by atoms with Gasteiger partial charge < -0.3 is 5.11 Å². The molecule has 0 bridgehead atoms. The standard InChI is InChI=1S/C23H25FN2O2/c1-15-18(5-4-6-19(15)24)23(21(27)28)11-9-22(2,10-12-23)17-8-7-16-14-25-26(3)20(16)13-17/h4-8,13-14H,9-12H2,1-3H3,(H,27,28). The number of aryl methyl sites for hydroxylation is 1. The minimum atomic E-state index is -1.03. The third kappa shape index (κ3) is 2.72. The van der Waals surface area contributed by atoms with Gasteiger partial charge in [-0.1, -0.05) is 31.2 Å². The third-order valence-electron chi connectivity index (χ3n) is 6.85. The van der Waals surface area contributed by atoms with Crippen molar-refractivity contribution < 1.29 is 14.3 Å². The number of carboxylic acids is 1. The lowest BCUT2D eigenvalue weighted by molar-refractivity contribution is -0.145. The van der Waals surface area contributed by atoms with Crippen molar-refractivity contribution >= 4 is 16.9 Å². The molecule has 4 nitrogen and oxygen atoms in total. The molecular weight excluding hydrogens is 355 g/mol. The van der Waals surface area contributed by atoms with E-state index in [0.717, 1.165) is 23.7 Å². The number of halogens is 1. The van der Waals surface area contributed by atoms with Crippen molar-refractivity contribution in [1.82, 2.24) is 9.78 Å². The van der Waals surface area contributed by atoms with Crippen LogP contribution < -0.4 is 0 Å². The second-order valence-electron chi connectivity index (χ2n) is 8.40. The second-order valence-corrected chi connectivity index (χ2v) is 8.40. The minimum absolute atomic E-state index is 0.112. The van der Waals surface area contributed by atoms with Crippen molar-refractivity contribution in [3.63, 3.8) is 0 Å². The molecule has 1 heterocycles. The van der Waals surface area contributed by atoms with E-state index in [4.69, 9.17) is 0 Å². The first-order valence-corrected chi connectivity index (χ1v) is 9.68. The van der Waals surface area contributed by atoms with Gasteiger partial charge in [-0.25, -0.2) is 4.39 Å². The summed E-state index contributed by atoms with van der Waals surface area (Å²) in [7, 11) is 1.93. The molecule has 0 unspecified atom stereocenters. The molecule has 0 spiro atoms. The van der Waals surface area contributed by atoms with Crippen molar-refractivity contribution in [2.45, 2.75) is 50.4 Å². The summed E-state index contributed by atoms with van der Waals surface area (Å²) in [6.45, 7) is 3.88. The Morgan fingerprint density at radius 1 is 1.18 bits per heavy atom. The number of aliphatic carboxylic acids is 1. The molecule has 1 aromatic heterocycles. The normalized spacial score (nSPS) is 25.1. The molecule has 0 aliphatic heterocycles. The predicted molar refractivity (Wildman–Crippen MR) is 107 cm³/mol. The molecule has 1 aliphatic rings. The number of fused-ring (bicyclic) bond motifs is 1. The maximum atomic E-state index is 14.1. The first-order valence-electron chi connectivity index (χ1n) is 9.68. The van der Waals surface area contributed by atoms with Crippen molar-refractivity contribution in [2.75, 3.05) is 0 Å². The Bertz CT molecular complexity index is 1060. The highest BCUT2D eigenvalue weighted by Crippen LogP contribution is 2.49. The van der Waals surface area contributed by atoms with Gasteiger partial charge in [-0.15, -0.1) is 0 Å². The summed E-state index contributed by atoms with van der Waals surface area (Å²) in [5.74, 6) is -1.20. The quantitative estimate of drug-likeness (QED) is 0.705. The van der Waals surface area contributed by atoms with Crippen molar-refractivity contribution in [3.8, 4) is 0 Å². The highest BCUT2D eigenvalue weighted by atomic mass is 19.1. The van der Waals surface area contributed by atoms with Gasteiger partial charge in [0, 0.05) is 12.4 Å². The van der Waals surface area contributed by atoms with Gasteiger partial charge in [-0.3, -0.25) is 9.48 Å². The maximum Gasteiger partial charge on any atom is 0.314 e. The molecule has 0 saturated heterocycles. The highest BCUT2D eigenvalue weighted by Gasteiger charge is 2.48. The van der Waals surface area contributed by atoms with Crippen LogP contribution in [0.1, 0.15) is 49.3 Å². The van der Waals surface area contributed by atoms with Crippen LogP contribution in [0, 0.1) is 12.7 Å². The van der Waals surface area contributed by atoms with Gasteiger partial charge in [-0.05, 0) is 66.8 Å². The van der Waals surface area contributed by atoms with Gasteiger partial charge in [0.25, 0.3) is 0 Å². The molecule has 0 amide bonds. The minimum Gasteiger partial charge on any atom is -0.481 e. The van der Waals surface area contributed by atoms with Crippen LogP contribution >= 0.6 is 0 Å². The SMILES string of the molecule is Cc1c(F)cccc1C1(C(=O)O)CCC(C)(c2ccc3cnn(C)c3c2)CC1. The van der Waals surface area contributed by atoms with E-state index in [1.807, 2.05) is 17.9 Å². The smallest absolute Gasteiger partial charge is 0.314 e. The fourth-order valence-electron chi connectivity index (χ4n) is 4.76. The van der Waals surface area contributed by atoms with Gasteiger partial charge in [0.1, 0.15) is 5.82 Å². The Balaban J connectivity index is 1.70. The second kappa shape index (κ2) is 6.43. The number of hydrogen-bond donors (Lipinski definition) is 1. The van der Waals surface area contributed by atoms with Gasteiger partial charge in [0.05, 0.1) is 17.1 Å². The topological polar surface area (TPSA) is 55.1 Å². The first-order chi connectivity index (χ1) is 13.3. The average molecular weight is 380 g/mol. The molecule has 1 N–H and O–H groups in total. The van der Waals surface area contributed by atoms with E-state index in [0.29, 0.717) is 24.0 Å². The predicted octanol–water partition coefficient (Wildman–Crippen LogP) is 4.88. The zero-order chi connectivity index (χ0) is 20.1. The largest absolute Gasteiger partial charge is 0.481 e. The maximum absolute atomic E-state index is 14.1. The molecular formula is C23H25FN2O2. The van der Waals surface area contributed by atoms with Crippen molar-refractivity contribution in [1.29, 1.82) is 0 Å². The van der Waals surface area contributed by atoms with E-state index in [9.17, 15) is 14.3 Å². The van der Waals surface area contributed by atoms with Gasteiger partial charge in [0.2, 0.25) is 0 Å². The van der Waals surface area contributed by atoms with Crippen LogP contribution in [0.3, 0.4) is 0 Å². The van der Waals surface area contributed by atoms with Crippen LogP contribution in [0.15, 0.2) is 42.6 Å². The average Bonchev–Trinajstić information content (AvgIpc) is 3.05. The molecule has 3 aromatic rings. The Hall–Kier alpha value is -2.69. The number of benzene rings is 2. The fraction of sp³-hybridized carbons (Fsp3) is 0.391. The monoisotopic (exact) mass is 380 g/mol. The van der Waals surface area contributed by atoms with Crippen molar-refractivity contribution in [3.05, 3.63) is 65.1 Å². The van der Waals surface area contributed by atoms with Crippen LogP contribution in [-0.2, 0) is 22.7 Å². The first kappa shape index (κ1) is 18.7. The number of aromatic nitrogens is 2. The number of carboxylic acid groups (broad SMARTS) is 1. The van der Waals surface area contributed by atoms with Crippen LogP contribution in [-0.4, -0.2) is 20.9 Å². The molecule has 1 aliphatic carbocycles. The molecule has 1 fully saturated rings. The van der Waals surface area contributed by atoms with E-state index < -0.39 is 11.4 Å². The van der Waals surface area contributed by atoms with Crippen molar-refractivity contribution in [2.24, 2.45) is 7.05 Å². The summed E-state index contributed by atoms with van der Waals surface area (Å²) in [6.07, 6.45) is 4.31. The summed E-state index contributed by atoms with van der Waals surface area (Å²) in [5, 5.41) is 15.5. The van der Waals surface area contributed by atoms with Crippen LogP contribution in [0.25, 0.3) is 10.9 Å². The molecule has 28 heavy (non-hydrogen) atoms. The summed E-state index contributed by atoms with van der Waals surface area (Å²) in [6, 6.07) is 11.2. The summed E-state index contributed by atoms with van der Waals surface area (Å²) in [5.41, 5.74) is 2.21. The Morgan fingerprint density at radius 2 is 1.89 bits per heavy atom. The van der Waals surface area contributed by atoms with E-state index >= 15 is 0 Å². The van der Waals surface area contributed by atoms with E-state index in [-0.39, 0.29) is 11.2 Å². The number of nitrogens with zero attached hydrogens (tertiary/aromatic N) is 2. The molecule has 0 atom stereocenters. The Kier molecular flexibility index (Phi) is 4.29. The fourth-order valence-corrected chi connectivity index (χ4v) is 4.76. The van der Waals surface area contributed by atoms with Gasteiger partial charge in [0.15, 0.2) is 0 Å². The number of carbonyl (C=O) groups is 1. The van der Waals surface area contributed by atoms with Gasteiger partial charge in [-0.2, -0.15) is 5.10 Å². The molecule has 4 rings (SSSR count). The lowest BCUT2D eigenvalue weighted by Crippen LogP contribution is -2.44. The zero-order valence-electron chi connectivity index (χ0n) is 16.5. The third-order valence-corrected chi connectivity index (χ3v) is 6.85. The van der Waals surface area contributed by atoms with Crippen LogP contribution in [0.5, 0.6) is 0 Å². The molecule has 2 aromatic carbocycles. The highest BCUT2D eigenvalue weighted by molar-refractivity contribution is 5.82. The Labute approximate surface area is 164 Å². The van der Waals surface area contributed by atoms with Crippen LogP contribution in [0.4, 0.5) is 4.39 Å². The van der Waals surface area contributed by atoms with Gasteiger partial charge >= 0.3 is 5.97 Å². The lowest BCUT2D eigenvalue weighted by Gasteiger charge is -2.43. The summed E-state index contributed by atoms with van der Waals surface area (Å²) < 4.78 is 16.0. The zero-order valence-corrected chi connectivity index (χ0v) is 16.5. The van der Waals surface area contributed by atoms with Crippen LogP contribution in [0.2, 0.25) is 0 Å². The molecule has 5 heteroatoms. The van der Waals surface area contributed by atoms with E-state index in [2.05, 4.69) is 30.2 Å². The lowest BCUT2D eigenvalue weighted by atomic mass is 9.59. The number of hydrogen-bond acceptors (Lipinski definition) is 2. The molecule has 0 radical (unpaired) electrons. The van der Waals surface area contributed by atoms with E-state index in [1.165, 1.54) is 11.6 Å². The number of rotatable bonds is 3. The summed E-state index contributed by atoms with van der Waals surface area (Å²) in [4.78, 5) is 12.3. The summed E-state index contributed by atoms with van der Waals surface area (Å²) >= 11 is 0.